The van der Waals surface area contributed by atoms with E-state index in [0.29, 0.717) is 29.7 Å². The van der Waals surface area contributed by atoms with E-state index < -0.39 is 0 Å². The molecule has 134 valence electrons. The van der Waals surface area contributed by atoms with Crippen LogP contribution < -0.4 is 5.69 Å². The van der Waals surface area contributed by atoms with Crippen molar-refractivity contribution in [3.05, 3.63) is 75.8 Å². The number of hydrogen-bond donors (Lipinski definition) is 3. The average molecular weight is 359 g/mol. The van der Waals surface area contributed by atoms with Gasteiger partial charge in [0.25, 0.3) is 5.91 Å². The number of benzene rings is 2. The van der Waals surface area contributed by atoms with E-state index in [1.807, 2.05) is 35.2 Å². The molecule has 27 heavy (non-hydrogen) atoms. The minimum Gasteiger partial charge on any atom is -0.334 e. The van der Waals surface area contributed by atoms with Crippen molar-refractivity contribution in [3.8, 4) is 11.3 Å². The number of H-pyrrole nitrogens is 3. The van der Waals surface area contributed by atoms with Crippen molar-refractivity contribution < 1.29 is 4.79 Å². The Bertz CT molecular complexity index is 1200. The zero-order valence-electron chi connectivity index (χ0n) is 14.5. The Kier molecular flexibility index (Phi) is 3.46. The normalized spacial score (nSPS) is 13.7. The molecule has 2 aromatic carbocycles. The molecule has 0 aliphatic carbocycles. The smallest absolute Gasteiger partial charge is 0.323 e. The Morgan fingerprint density at radius 2 is 1.85 bits per heavy atom. The van der Waals surface area contributed by atoms with Crippen molar-refractivity contribution >= 4 is 16.9 Å². The molecule has 1 aliphatic rings. The van der Waals surface area contributed by atoms with E-state index in [1.54, 1.807) is 18.2 Å². The molecular formula is C20H17N5O2. The van der Waals surface area contributed by atoms with Crippen LogP contribution in [-0.2, 0) is 13.0 Å². The molecule has 0 saturated carbocycles. The van der Waals surface area contributed by atoms with E-state index in [0.717, 1.165) is 28.9 Å². The maximum absolute atomic E-state index is 13.0. The number of aromatic nitrogens is 4. The molecule has 0 bridgehead atoms. The summed E-state index contributed by atoms with van der Waals surface area (Å²) >= 11 is 0. The van der Waals surface area contributed by atoms with Crippen LogP contribution in [0.1, 0.15) is 21.6 Å². The van der Waals surface area contributed by atoms with Crippen molar-refractivity contribution in [2.45, 2.75) is 13.0 Å². The lowest BCUT2D eigenvalue weighted by molar-refractivity contribution is 0.0735. The predicted octanol–water partition coefficient (Wildman–Crippen LogP) is 2.44. The zero-order valence-corrected chi connectivity index (χ0v) is 14.5. The molecule has 7 heteroatoms. The van der Waals surface area contributed by atoms with Crippen molar-refractivity contribution in [2.75, 3.05) is 6.54 Å². The van der Waals surface area contributed by atoms with Gasteiger partial charge in [-0.05, 0) is 18.2 Å². The summed E-state index contributed by atoms with van der Waals surface area (Å²) in [7, 11) is 0. The molecule has 0 spiro atoms. The number of amides is 1. The summed E-state index contributed by atoms with van der Waals surface area (Å²) in [6.07, 6.45) is 0.740. The van der Waals surface area contributed by atoms with Gasteiger partial charge in [0.15, 0.2) is 0 Å². The fourth-order valence-electron chi connectivity index (χ4n) is 3.65. The largest absolute Gasteiger partial charge is 0.334 e. The second-order valence-corrected chi connectivity index (χ2v) is 6.71. The quantitative estimate of drug-likeness (QED) is 0.513. The fourth-order valence-corrected chi connectivity index (χ4v) is 3.65. The zero-order chi connectivity index (χ0) is 18.4. The Morgan fingerprint density at radius 3 is 2.70 bits per heavy atom. The summed E-state index contributed by atoms with van der Waals surface area (Å²) in [5.41, 5.74) is 5.70. The van der Waals surface area contributed by atoms with Crippen molar-refractivity contribution in [1.82, 2.24) is 25.1 Å². The predicted molar refractivity (Wildman–Crippen MR) is 101 cm³/mol. The van der Waals surface area contributed by atoms with E-state index in [1.165, 1.54) is 0 Å². The number of fused-ring (bicyclic) bond motifs is 2. The second kappa shape index (κ2) is 5.98. The fraction of sp³-hybridized carbons (Fsp3) is 0.150. The highest BCUT2D eigenvalue weighted by molar-refractivity contribution is 5.97. The number of hydrogen-bond acceptors (Lipinski definition) is 3. The van der Waals surface area contributed by atoms with E-state index in [9.17, 15) is 9.59 Å². The number of imidazole rings is 1. The standard InChI is InChI=1S/C20H17N5O2/c26-19(13-6-7-16-17(10-13)22-20(27)21-16)25-9-8-15-14(11-25)18(24-23-15)12-4-2-1-3-5-12/h1-7,10H,8-9,11H2,(H,23,24)(H2,21,22,27). The van der Waals surface area contributed by atoms with Gasteiger partial charge in [-0.25, -0.2) is 4.79 Å². The molecule has 0 radical (unpaired) electrons. The molecule has 0 saturated heterocycles. The SMILES string of the molecule is O=C(c1ccc2[nH]c(=O)[nH]c2c1)N1CCc2[nH]nc(-c3ccccc3)c2C1. The van der Waals surface area contributed by atoms with Crippen LogP contribution in [0.5, 0.6) is 0 Å². The van der Waals surface area contributed by atoms with Crippen LogP contribution in [0.3, 0.4) is 0 Å². The topological polar surface area (TPSA) is 97.6 Å². The molecule has 4 aromatic rings. The van der Waals surface area contributed by atoms with Gasteiger partial charge in [0.1, 0.15) is 0 Å². The lowest BCUT2D eigenvalue weighted by Crippen LogP contribution is -2.35. The molecular weight excluding hydrogens is 342 g/mol. The molecule has 3 N–H and O–H groups in total. The minimum atomic E-state index is -0.275. The minimum absolute atomic E-state index is 0.0511. The Hall–Kier alpha value is -3.61. The average Bonchev–Trinajstić information content (AvgIpc) is 3.29. The first kappa shape index (κ1) is 15.6. The number of rotatable bonds is 2. The molecule has 5 rings (SSSR count). The third-order valence-electron chi connectivity index (χ3n) is 5.03. The first-order chi connectivity index (χ1) is 13.2. The van der Waals surface area contributed by atoms with Crippen LogP contribution in [0.2, 0.25) is 0 Å². The third-order valence-corrected chi connectivity index (χ3v) is 5.03. The first-order valence-corrected chi connectivity index (χ1v) is 8.82. The lowest BCUT2D eigenvalue weighted by Gasteiger charge is -2.27. The maximum atomic E-state index is 13.0. The van der Waals surface area contributed by atoms with Crippen molar-refractivity contribution in [3.63, 3.8) is 0 Å². The van der Waals surface area contributed by atoms with Crippen LogP contribution >= 0.6 is 0 Å². The van der Waals surface area contributed by atoms with Gasteiger partial charge in [-0.3, -0.25) is 9.89 Å². The Morgan fingerprint density at radius 1 is 1.04 bits per heavy atom. The van der Waals surface area contributed by atoms with E-state index in [2.05, 4.69) is 20.2 Å². The van der Waals surface area contributed by atoms with Crippen LogP contribution in [-0.4, -0.2) is 37.5 Å². The van der Waals surface area contributed by atoms with Crippen LogP contribution in [0.25, 0.3) is 22.3 Å². The molecule has 3 heterocycles. The van der Waals surface area contributed by atoms with Crippen LogP contribution in [0.15, 0.2) is 53.3 Å². The second-order valence-electron chi connectivity index (χ2n) is 6.71. The van der Waals surface area contributed by atoms with Gasteiger partial charge < -0.3 is 14.9 Å². The highest BCUT2D eigenvalue weighted by atomic mass is 16.2. The van der Waals surface area contributed by atoms with Crippen LogP contribution in [0.4, 0.5) is 0 Å². The van der Waals surface area contributed by atoms with Crippen molar-refractivity contribution in [2.24, 2.45) is 0 Å². The lowest BCUT2D eigenvalue weighted by atomic mass is 10.0. The number of carbonyl (C=O) groups excluding carboxylic acids is 1. The summed E-state index contributed by atoms with van der Waals surface area (Å²) < 4.78 is 0. The maximum Gasteiger partial charge on any atom is 0.323 e. The van der Waals surface area contributed by atoms with Gasteiger partial charge in [0.2, 0.25) is 0 Å². The third kappa shape index (κ3) is 2.64. The summed E-state index contributed by atoms with van der Waals surface area (Å²) in [6.45, 7) is 1.14. The van der Waals surface area contributed by atoms with Crippen LogP contribution in [0, 0.1) is 0 Å². The molecule has 1 amide bonds. The highest BCUT2D eigenvalue weighted by Gasteiger charge is 2.26. The molecule has 2 aromatic heterocycles. The number of nitrogens with zero attached hydrogens (tertiary/aromatic N) is 2. The molecule has 7 nitrogen and oxygen atoms in total. The summed E-state index contributed by atoms with van der Waals surface area (Å²) in [4.78, 5) is 31.7. The number of carbonyl (C=O) groups is 1. The highest BCUT2D eigenvalue weighted by Crippen LogP contribution is 2.29. The Balaban J connectivity index is 1.46. The molecule has 0 unspecified atom stereocenters. The first-order valence-electron chi connectivity index (χ1n) is 8.82. The van der Waals surface area contributed by atoms with E-state index in [-0.39, 0.29) is 11.6 Å². The van der Waals surface area contributed by atoms with Gasteiger partial charge in [-0.2, -0.15) is 5.10 Å². The van der Waals surface area contributed by atoms with Gasteiger partial charge in [-0.15, -0.1) is 0 Å². The van der Waals surface area contributed by atoms with Crippen molar-refractivity contribution in [1.29, 1.82) is 0 Å². The number of aromatic amines is 3. The van der Waals surface area contributed by atoms with Gasteiger partial charge >= 0.3 is 5.69 Å². The molecule has 0 fully saturated rings. The number of nitrogens with one attached hydrogen (secondary N) is 3. The van der Waals surface area contributed by atoms with E-state index in [4.69, 9.17) is 0 Å². The van der Waals surface area contributed by atoms with Gasteiger partial charge in [0.05, 0.1) is 16.7 Å². The monoisotopic (exact) mass is 359 g/mol. The molecule has 1 aliphatic heterocycles. The Labute approximate surface area is 154 Å². The summed E-state index contributed by atoms with van der Waals surface area (Å²) in [6, 6.07) is 15.2. The van der Waals surface area contributed by atoms with Gasteiger partial charge in [0, 0.05) is 41.9 Å². The van der Waals surface area contributed by atoms with Gasteiger partial charge in [-0.1, -0.05) is 30.3 Å². The molecule has 0 atom stereocenters. The summed E-state index contributed by atoms with van der Waals surface area (Å²) in [5, 5.41) is 7.59. The van der Waals surface area contributed by atoms with E-state index >= 15 is 0 Å². The summed E-state index contributed by atoms with van der Waals surface area (Å²) in [5.74, 6) is -0.0511.